The molecule has 1 amide bonds. The van der Waals surface area contributed by atoms with Crippen LogP contribution < -0.4 is 18.9 Å². The topological polar surface area (TPSA) is 147 Å². The molecule has 2 aliphatic heterocycles. The summed E-state index contributed by atoms with van der Waals surface area (Å²) in [6.07, 6.45) is 8.12. The second-order valence-corrected chi connectivity index (χ2v) is 20.1. The van der Waals surface area contributed by atoms with Gasteiger partial charge in [-0.1, -0.05) is 96.9 Å². The lowest BCUT2D eigenvalue weighted by atomic mass is 9.55. The van der Waals surface area contributed by atoms with Crippen LogP contribution in [0, 0.1) is 17.8 Å². The molecule has 72 heavy (non-hydrogen) atoms. The molecule has 13 nitrogen and oxygen atoms in total. The van der Waals surface area contributed by atoms with Crippen LogP contribution in [0.2, 0.25) is 0 Å². The van der Waals surface area contributed by atoms with Gasteiger partial charge >= 0.3 is 6.09 Å². The number of amides is 1. The van der Waals surface area contributed by atoms with E-state index in [2.05, 4.69) is 36.9 Å². The molecule has 13 heteroatoms. The van der Waals surface area contributed by atoms with Crippen molar-refractivity contribution in [2.75, 3.05) is 39.8 Å². The molecule has 0 bridgehead atoms. The second-order valence-electron chi connectivity index (χ2n) is 20.1. The van der Waals surface area contributed by atoms with Crippen LogP contribution >= 0.6 is 0 Å². The highest BCUT2D eigenvalue weighted by Gasteiger charge is 2.66. The Kier molecular flexibility index (Phi) is 16.2. The molecule has 0 radical (unpaired) electrons. The van der Waals surface area contributed by atoms with Crippen molar-refractivity contribution in [3.63, 3.8) is 0 Å². The number of benzene rings is 5. The van der Waals surface area contributed by atoms with Crippen molar-refractivity contribution in [2.24, 2.45) is 22.9 Å². The fraction of sp³-hybridized carbons (Fsp3) is 0.424. The first-order valence-electron chi connectivity index (χ1n) is 25.4. The maximum atomic E-state index is 15.2. The van der Waals surface area contributed by atoms with Gasteiger partial charge in [-0.3, -0.25) is 4.90 Å². The number of hydrogen-bond acceptors (Lipinski definition) is 12. The van der Waals surface area contributed by atoms with Crippen LogP contribution in [0.4, 0.5) is 4.79 Å². The highest BCUT2D eigenvalue weighted by Crippen LogP contribution is 2.62. The maximum Gasteiger partial charge on any atom is 0.410 e. The third kappa shape index (κ3) is 11.4. The highest BCUT2D eigenvalue weighted by atomic mass is 16.7. The number of rotatable bonds is 22. The molecule has 5 aromatic rings. The molecule has 0 aromatic heterocycles. The monoisotopic (exact) mass is 980 g/mol. The second kappa shape index (κ2) is 23.0. The number of unbranched alkanes of at least 4 members (excludes halogenated alkanes) is 2. The van der Waals surface area contributed by atoms with Gasteiger partial charge in [0.15, 0.2) is 11.5 Å². The summed E-state index contributed by atoms with van der Waals surface area (Å²) in [7, 11) is 0. The Morgan fingerprint density at radius 3 is 2.35 bits per heavy atom. The van der Waals surface area contributed by atoms with E-state index in [1.807, 2.05) is 106 Å². The molecule has 5 aromatic carbocycles. The zero-order valence-electron chi connectivity index (χ0n) is 41.7. The van der Waals surface area contributed by atoms with E-state index < -0.39 is 29.4 Å². The summed E-state index contributed by atoms with van der Waals surface area (Å²) in [5.41, 5.74) is 3.69. The summed E-state index contributed by atoms with van der Waals surface area (Å²) < 4.78 is 45.1. The van der Waals surface area contributed by atoms with Gasteiger partial charge < -0.3 is 48.2 Å². The maximum absolute atomic E-state index is 15.2. The number of ether oxygens (including phenoxy) is 7. The van der Waals surface area contributed by atoms with E-state index in [0.29, 0.717) is 53.9 Å². The number of carbonyl (C=O) groups is 1. The molecular formula is C59H68N2O11. The van der Waals surface area contributed by atoms with Crippen molar-refractivity contribution in [3.8, 4) is 28.7 Å². The van der Waals surface area contributed by atoms with Crippen LogP contribution in [0.25, 0.3) is 10.8 Å². The quantitative estimate of drug-likeness (QED) is 0.0388. The highest BCUT2D eigenvalue weighted by molar-refractivity contribution is 6.03. The van der Waals surface area contributed by atoms with Gasteiger partial charge in [0.25, 0.3) is 0 Å². The van der Waals surface area contributed by atoms with Crippen LogP contribution in [0.5, 0.6) is 28.7 Å². The molecule has 9 rings (SSSR count). The van der Waals surface area contributed by atoms with Crippen molar-refractivity contribution >= 4 is 22.6 Å². The van der Waals surface area contributed by atoms with E-state index in [1.54, 1.807) is 11.0 Å². The predicted octanol–water partition coefficient (Wildman–Crippen LogP) is 11.6. The van der Waals surface area contributed by atoms with Crippen LogP contribution in [0.1, 0.15) is 88.3 Å². The molecule has 1 fully saturated rings. The molecule has 380 valence electrons. The Labute approximate surface area is 422 Å². The normalized spacial score (nSPS) is 22.3. The third-order valence-corrected chi connectivity index (χ3v) is 14.0. The van der Waals surface area contributed by atoms with Gasteiger partial charge in [-0.2, -0.15) is 0 Å². The number of aliphatic hydroxyl groups is 2. The minimum absolute atomic E-state index is 0.00600. The van der Waals surface area contributed by atoms with E-state index in [1.165, 1.54) is 0 Å². The molecule has 6 unspecified atom stereocenters. The van der Waals surface area contributed by atoms with Gasteiger partial charge in [-0.25, -0.2) is 4.79 Å². The Hall–Kier alpha value is -6.38. The molecule has 6 atom stereocenters. The number of carbonyl (C=O) groups excluding carboxylic acids is 1. The lowest BCUT2D eigenvalue weighted by Crippen LogP contribution is -2.70. The van der Waals surface area contributed by atoms with Crippen LogP contribution in [0.3, 0.4) is 0 Å². The summed E-state index contributed by atoms with van der Waals surface area (Å²) in [5.74, 6) is 0.874. The molecule has 2 heterocycles. The van der Waals surface area contributed by atoms with Crippen molar-refractivity contribution in [1.29, 1.82) is 0 Å². The van der Waals surface area contributed by atoms with E-state index in [-0.39, 0.29) is 70.5 Å². The lowest BCUT2D eigenvalue weighted by Gasteiger charge is -2.60. The van der Waals surface area contributed by atoms with E-state index >= 15 is 4.79 Å². The van der Waals surface area contributed by atoms with Gasteiger partial charge in [0.05, 0.1) is 31.5 Å². The molecule has 1 saturated carbocycles. The van der Waals surface area contributed by atoms with Gasteiger partial charge in [0.1, 0.15) is 35.5 Å². The minimum atomic E-state index is -1.52. The number of oxime groups is 1. The van der Waals surface area contributed by atoms with E-state index in [4.69, 9.17) is 43.2 Å². The predicted molar refractivity (Wildman–Crippen MR) is 275 cm³/mol. The zero-order valence-corrected chi connectivity index (χ0v) is 41.7. The standard InChI is InChI=1S/C59H68N2O11/c1-5-29-69-59-54(61(37-41-21-25-52-53(32-41)68-39-67-52)57(64)66-31-30-65-38-40-15-7-6-8-16-40)36-50(60-72-58(2,3)4)48-34-44(19-11-13-27-62)47(20-12-14-28-63)55(56(48)59)49-35-46(24-26-51(49)71-59)70-45-23-22-42-17-9-10-18-43(42)33-45/h5-10,15-18,21-26,32-35,44,47,54-56,62-63H,1,11-14,19-20,27-31,36-39H2,2-4H3. The summed E-state index contributed by atoms with van der Waals surface area (Å²) >= 11 is 0. The average molecular weight is 981 g/mol. The van der Waals surface area contributed by atoms with Crippen molar-refractivity contribution in [3.05, 3.63) is 150 Å². The minimum Gasteiger partial charge on any atom is -0.459 e. The first kappa shape index (κ1) is 50.6. The lowest BCUT2D eigenvalue weighted by molar-refractivity contribution is -0.256. The van der Waals surface area contributed by atoms with E-state index in [0.717, 1.165) is 58.7 Å². The summed E-state index contributed by atoms with van der Waals surface area (Å²) in [6, 6.07) is 34.9. The molecule has 0 spiro atoms. The Morgan fingerprint density at radius 2 is 1.56 bits per heavy atom. The van der Waals surface area contributed by atoms with Crippen molar-refractivity contribution in [1.82, 2.24) is 4.90 Å². The molecule has 2 N–H and O–H groups in total. The van der Waals surface area contributed by atoms with Crippen LogP contribution in [-0.2, 0) is 32.2 Å². The molecule has 2 aliphatic carbocycles. The van der Waals surface area contributed by atoms with Crippen LogP contribution in [-0.4, -0.2) is 84.2 Å². The molecular weight excluding hydrogens is 913 g/mol. The van der Waals surface area contributed by atoms with Gasteiger partial charge in [-0.15, -0.1) is 6.58 Å². The number of allylic oxidation sites excluding steroid dienone is 1. The van der Waals surface area contributed by atoms with Crippen molar-refractivity contribution in [2.45, 2.75) is 102 Å². The van der Waals surface area contributed by atoms with Gasteiger partial charge in [0, 0.05) is 37.7 Å². The summed E-state index contributed by atoms with van der Waals surface area (Å²) in [4.78, 5) is 23.2. The van der Waals surface area contributed by atoms with E-state index in [9.17, 15) is 10.2 Å². The SMILES string of the molecule is C=CCOC12Oc3ccc(Oc4ccc5ccccc5c4)cc3C3C(CCCCO)C(CCCCO)C=C(C(=NOC(C)(C)C)CC1N(Cc1ccc4c(c1)OCO4)C(=O)OCCOCc1ccccc1)C32. The largest absolute Gasteiger partial charge is 0.459 e. The number of nitrogens with zero attached hydrogens (tertiary/aromatic N) is 2. The van der Waals surface area contributed by atoms with Gasteiger partial charge in [-0.05, 0) is 128 Å². The molecule has 4 aliphatic rings. The van der Waals surface area contributed by atoms with Crippen molar-refractivity contribution < 1.29 is 53.0 Å². The summed E-state index contributed by atoms with van der Waals surface area (Å²) in [5, 5.41) is 27.4. The average Bonchev–Trinajstić information content (AvgIpc) is 3.86. The Morgan fingerprint density at radius 1 is 0.819 bits per heavy atom. The summed E-state index contributed by atoms with van der Waals surface area (Å²) in [6.45, 7) is 11.0. The number of fused-ring (bicyclic) bond motifs is 4. The Balaban J connectivity index is 1.19. The molecule has 0 saturated heterocycles. The Bertz CT molecular complexity index is 2720. The zero-order chi connectivity index (χ0) is 50.1. The number of hydrogen-bond donors (Lipinski definition) is 2. The first-order valence-corrected chi connectivity index (χ1v) is 25.4. The first-order chi connectivity index (χ1) is 35.1. The smallest absolute Gasteiger partial charge is 0.410 e. The fourth-order valence-corrected chi connectivity index (χ4v) is 10.8. The third-order valence-electron chi connectivity index (χ3n) is 14.0. The number of aliphatic hydroxyl groups excluding tert-OH is 2. The van der Waals surface area contributed by atoms with Gasteiger partial charge in [0.2, 0.25) is 12.6 Å². The van der Waals surface area contributed by atoms with Crippen LogP contribution in [0.15, 0.2) is 139 Å². The fourth-order valence-electron chi connectivity index (χ4n) is 10.8.